The van der Waals surface area contributed by atoms with E-state index >= 15 is 0 Å². The van der Waals surface area contributed by atoms with Crippen LogP contribution in [0.2, 0.25) is 10.0 Å². The fourth-order valence-electron chi connectivity index (χ4n) is 1.93. The highest BCUT2D eigenvalue weighted by atomic mass is 35.5. The maximum absolute atomic E-state index is 8.76. The molecule has 0 unspecified atom stereocenters. The summed E-state index contributed by atoms with van der Waals surface area (Å²) in [6, 6.07) is 9.12. The van der Waals surface area contributed by atoms with Crippen LogP contribution < -0.4 is 10.6 Å². The Bertz CT molecular complexity index is 676. The Kier molecular flexibility index (Phi) is 4.88. The number of hydrogen-bond donors (Lipinski definition) is 2. The van der Waals surface area contributed by atoms with Gasteiger partial charge < -0.3 is 15.8 Å². The summed E-state index contributed by atoms with van der Waals surface area (Å²) in [5, 5.41) is 12.7. The third kappa shape index (κ3) is 3.56. The molecule has 110 valence electrons. The number of aromatic nitrogens is 1. The van der Waals surface area contributed by atoms with Crippen molar-refractivity contribution in [3.63, 3.8) is 0 Å². The van der Waals surface area contributed by atoms with Crippen molar-refractivity contribution in [1.29, 1.82) is 0 Å². The number of nitrogens with zero attached hydrogens (tertiary/aromatic N) is 3. The molecule has 0 amide bonds. The normalized spacial score (nSPS) is 11.5. The van der Waals surface area contributed by atoms with E-state index in [1.807, 2.05) is 36.2 Å². The SMILES string of the molecule is CN(Cc1cccc(Cl)c1)c1nccc(/C(N)=N/O)c1Cl. The number of hydrogen-bond acceptors (Lipinski definition) is 4. The molecule has 0 bridgehead atoms. The summed E-state index contributed by atoms with van der Waals surface area (Å²) in [7, 11) is 1.85. The van der Waals surface area contributed by atoms with E-state index < -0.39 is 0 Å². The lowest BCUT2D eigenvalue weighted by molar-refractivity contribution is 0.318. The number of amidine groups is 1. The van der Waals surface area contributed by atoms with Gasteiger partial charge in [-0.2, -0.15) is 0 Å². The van der Waals surface area contributed by atoms with Gasteiger partial charge in [-0.15, -0.1) is 0 Å². The second kappa shape index (κ2) is 6.65. The van der Waals surface area contributed by atoms with Gasteiger partial charge in [0, 0.05) is 30.4 Å². The molecule has 1 aromatic carbocycles. The summed E-state index contributed by atoms with van der Waals surface area (Å²) in [6.07, 6.45) is 1.56. The Balaban J connectivity index is 2.29. The molecule has 0 aliphatic rings. The lowest BCUT2D eigenvalue weighted by Gasteiger charge is -2.20. The minimum absolute atomic E-state index is 0.0557. The Hall–Kier alpha value is -1.98. The third-order valence-corrected chi connectivity index (χ3v) is 3.53. The molecule has 7 heteroatoms. The van der Waals surface area contributed by atoms with Crippen LogP contribution in [0.15, 0.2) is 41.7 Å². The summed E-state index contributed by atoms with van der Waals surface area (Å²) in [6.45, 7) is 0.576. The standard InChI is InChI=1S/C14H14Cl2N4O/c1-20(8-9-3-2-4-10(15)7-9)14-12(16)11(5-6-18-14)13(17)19-21/h2-7,21H,8H2,1H3,(H2,17,19). The molecular formula is C14H14Cl2N4O. The van der Waals surface area contributed by atoms with E-state index in [9.17, 15) is 0 Å². The van der Waals surface area contributed by atoms with Crippen LogP contribution in [-0.4, -0.2) is 23.1 Å². The monoisotopic (exact) mass is 324 g/mol. The highest BCUT2D eigenvalue weighted by Gasteiger charge is 2.14. The van der Waals surface area contributed by atoms with Gasteiger partial charge in [0.15, 0.2) is 5.84 Å². The van der Waals surface area contributed by atoms with Crippen LogP contribution in [0.1, 0.15) is 11.1 Å². The average Bonchev–Trinajstić information content (AvgIpc) is 2.46. The molecule has 0 spiro atoms. The van der Waals surface area contributed by atoms with Gasteiger partial charge >= 0.3 is 0 Å². The van der Waals surface area contributed by atoms with E-state index in [0.29, 0.717) is 28.0 Å². The summed E-state index contributed by atoms with van der Waals surface area (Å²) in [5.41, 5.74) is 7.05. The number of rotatable bonds is 4. The van der Waals surface area contributed by atoms with Crippen LogP contribution >= 0.6 is 23.2 Å². The zero-order valence-corrected chi connectivity index (χ0v) is 12.8. The van der Waals surface area contributed by atoms with Gasteiger partial charge in [0.25, 0.3) is 0 Å². The average molecular weight is 325 g/mol. The quantitative estimate of drug-likeness (QED) is 0.392. The molecule has 0 radical (unpaired) electrons. The van der Waals surface area contributed by atoms with Crippen molar-refractivity contribution in [3.8, 4) is 0 Å². The van der Waals surface area contributed by atoms with Crippen LogP contribution in [0.3, 0.4) is 0 Å². The molecule has 0 saturated heterocycles. The van der Waals surface area contributed by atoms with E-state index in [2.05, 4.69) is 10.1 Å². The largest absolute Gasteiger partial charge is 0.409 e. The summed E-state index contributed by atoms with van der Waals surface area (Å²) >= 11 is 12.2. The van der Waals surface area contributed by atoms with Crippen molar-refractivity contribution in [2.45, 2.75) is 6.54 Å². The number of nitrogens with two attached hydrogens (primary N) is 1. The van der Waals surface area contributed by atoms with Crippen molar-refractivity contribution >= 4 is 34.9 Å². The zero-order chi connectivity index (χ0) is 15.4. The first kappa shape index (κ1) is 15.4. The van der Waals surface area contributed by atoms with Crippen LogP contribution in [0.5, 0.6) is 0 Å². The Morgan fingerprint density at radius 3 is 2.81 bits per heavy atom. The smallest absolute Gasteiger partial charge is 0.171 e. The van der Waals surface area contributed by atoms with Crippen molar-refractivity contribution < 1.29 is 5.21 Å². The van der Waals surface area contributed by atoms with Crippen molar-refractivity contribution in [3.05, 3.63) is 57.7 Å². The van der Waals surface area contributed by atoms with Gasteiger partial charge in [-0.1, -0.05) is 40.5 Å². The first-order valence-corrected chi connectivity index (χ1v) is 6.86. The molecule has 0 saturated carbocycles. The van der Waals surface area contributed by atoms with Gasteiger partial charge in [0.05, 0.1) is 5.02 Å². The van der Waals surface area contributed by atoms with Gasteiger partial charge in [-0.25, -0.2) is 4.98 Å². The molecule has 21 heavy (non-hydrogen) atoms. The second-order valence-corrected chi connectivity index (χ2v) is 5.28. The number of pyridine rings is 1. The molecule has 0 fully saturated rings. The predicted molar refractivity (Wildman–Crippen MR) is 85.3 cm³/mol. The highest BCUT2D eigenvalue weighted by molar-refractivity contribution is 6.36. The maximum Gasteiger partial charge on any atom is 0.171 e. The molecular weight excluding hydrogens is 311 g/mol. The predicted octanol–water partition coefficient (Wildman–Crippen LogP) is 3.12. The van der Waals surface area contributed by atoms with Crippen LogP contribution in [0.25, 0.3) is 0 Å². The van der Waals surface area contributed by atoms with Gasteiger partial charge in [-0.3, -0.25) is 0 Å². The first-order valence-electron chi connectivity index (χ1n) is 6.11. The van der Waals surface area contributed by atoms with Crippen molar-refractivity contribution in [1.82, 2.24) is 4.98 Å². The minimum atomic E-state index is -0.0557. The molecule has 0 aliphatic carbocycles. The number of anilines is 1. The Morgan fingerprint density at radius 2 is 2.14 bits per heavy atom. The van der Waals surface area contributed by atoms with Crippen LogP contribution in [-0.2, 0) is 6.54 Å². The molecule has 3 N–H and O–H groups in total. The third-order valence-electron chi connectivity index (χ3n) is 2.92. The highest BCUT2D eigenvalue weighted by Crippen LogP contribution is 2.27. The molecule has 1 heterocycles. The molecule has 2 aromatic rings. The summed E-state index contributed by atoms with van der Waals surface area (Å²) in [5.74, 6) is 0.487. The van der Waals surface area contributed by atoms with Gasteiger partial charge in [0.1, 0.15) is 5.82 Å². The first-order chi connectivity index (χ1) is 10.0. The molecule has 0 aliphatic heterocycles. The van der Waals surface area contributed by atoms with Crippen LogP contribution in [0.4, 0.5) is 5.82 Å². The Morgan fingerprint density at radius 1 is 1.38 bits per heavy atom. The molecule has 1 aromatic heterocycles. The molecule has 2 rings (SSSR count). The molecule has 5 nitrogen and oxygen atoms in total. The topological polar surface area (TPSA) is 74.7 Å². The molecule has 0 atom stereocenters. The van der Waals surface area contributed by atoms with Gasteiger partial charge in [0.2, 0.25) is 0 Å². The van der Waals surface area contributed by atoms with Crippen molar-refractivity contribution in [2.75, 3.05) is 11.9 Å². The van der Waals surface area contributed by atoms with E-state index in [0.717, 1.165) is 5.56 Å². The fraction of sp³-hybridized carbons (Fsp3) is 0.143. The number of benzene rings is 1. The lowest BCUT2D eigenvalue weighted by atomic mass is 10.2. The van der Waals surface area contributed by atoms with Gasteiger partial charge in [-0.05, 0) is 23.8 Å². The second-order valence-electron chi connectivity index (χ2n) is 4.47. The van der Waals surface area contributed by atoms with E-state index in [4.69, 9.17) is 34.1 Å². The van der Waals surface area contributed by atoms with E-state index in [-0.39, 0.29) is 5.84 Å². The number of halogens is 2. The zero-order valence-electron chi connectivity index (χ0n) is 11.3. The van der Waals surface area contributed by atoms with Crippen LogP contribution in [0, 0.1) is 0 Å². The Labute approximate surface area is 132 Å². The fourth-order valence-corrected chi connectivity index (χ4v) is 2.50. The maximum atomic E-state index is 8.76. The van der Waals surface area contributed by atoms with Crippen molar-refractivity contribution in [2.24, 2.45) is 10.9 Å². The summed E-state index contributed by atoms with van der Waals surface area (Å²) < 4.78 is 0. The summed E-state index contributed by atoms with van der Waals surface area (Å²) in [4.78, 5) is 6.11. The lowest BCUT2D eigenvalue weighted by Crippen LogP contribution is -2.20. The van der Waals surface area contributed by atoms with E-state index in [1.165, 1.54) is 0 Å². The van der Waals surface area contributed by atoms with E-state index in [1.54, 1.807) is 12.3 Å². The minimum Gasteiger partial charge on any atom is -0.409 e. The number of oxime groups is 1.